The topological polar surface area (TPSA) is 28.2 Å². The number of rotatable bonds is 1. The Hall–Kier alpha value is -2.03. The summed E-state index contributed by atoms with van der Waals surface area (Å²) in [6.07, 6.45) is 14.6. The Kier molecular flexibility index (Phi) is 2.25. The molecule has 3 rings (SSSR count). The van der Waals surface area contributed by atoms with Crippen LogP contribution in [0.1, 0.15) is 18.1 Å². The first-order valence-corrected chi connectivity index (χ1v) is 5.83. The van der Waals surface area contributed by atoms with Gasteiger partial charge in [0.15, 0.2) is 5.82 Å². The van der Waals surface area contributed by atoms with Crippen LogP contribution in [0.4, 0.5) is 11.5 Å². The van der Waals surface area contributed by atoms with Gasteiger partial charge in [-0.2, -0.15) is 0 Å². The van der Waals surface area contributed by atoms with Crippen molar-refractivity contribution in [3.8, 4) is 0 Å². The predicted molar refractivity (Wildman–Crippen MR) is 71.9 cm³/mol. The number of nitrogens with one attached hydrogen (secondary N) is 1. The van der Waals surface area contributed by atoms with Crippen molar-refractivity contribution < 1.29 is 0 Å². The third kappa shape index (κ3) is 1.46. The molecule has 1 unspecified atom stereocenters. The Morgan fingerprint density at radius 2 is 2.29 bits per heavy atom. The zero-order valence-corrected chi connectivity index (χ0v) is 10.0. The maximum Gasteiger partial charge on any atom is 0.158 e. The first-order valence-electron chi connectivity index (χ1n) is 5.83. The molecule has 1 atom stereocenters. The van der Waals surface area contributed by atoms with Crippen molar-refractivity contribution in [3.05, 3.63) is 47.8 Å². The van der Waals surface area contributed by atoms with Crippen LogP contribution in [0.5, 0.6) is 0 Å². The molecule has 0 saturated heterocycles. The maximum absolute atomic E-state index is 4.53. The second-order valence-corrected chi connectivity index (χ2v) is 4.28. The minimum atomic E-state index is 0.202. The van der Waals surface area contributed by atoms with Crippen LogP contribution in [0.2, 0.25) is 0 Å². The Morgan fingerprint density at radius 1 is 1.41 bits per heavy atom. The molecule has 1 N–H and O–H groups in total. The van der Waals surface area contributed by atoms with Gasteiger partial charge in [0.05, 0.1) is 5.69 Å². The first kappa shape index (κ1) is 10.1. The zero-order valence-electron chi connectivity index (χ0n) is 10.0. The molecule has 0 radical (unpaired) electrons. The van der Waals surface area contributed by atoms with Crippen LogP contribution in [-0.4, -0.2) is 11.1 Å². The average molecular weight is 225 g/mol. The molecule has 0 saturated carbocycles. The normalized spacial score (nSPS) is 20.6. The Labute approximate surface area is 101 Å². The largest absolute Gasteiger partial charge is 0.358 e. The van der Waals surface area contributed by atoms with E-state index < -0.39 is 0 Å². The number of aryl methyl sites for hydroxylation is 1. The summed E-state index contributed by atoms with van der Waals surface area (Å²) in [5.74, 6) is 1.01. The summed E-state index contributed by atoms with van der Waals surface area (Å²) in [4.78, 5) is 6.68. The highest BCUT2D eigenvalue weighted by atomic mass is 15.4. The molecule has 3 nitrogen and oxygen atoms in total. The lowest BCUT2D eigenvalue weighted by Gasteiger charge is -2.21. The second kappa shape index (κ2) is 3.77. The highest BCUT2D eigenvalue weighted by Crippen LogP contribution is 2.38. The van der Waals surface area contributed by atoms with Gasteiger partial charge in [-0.25, -0.2) is 4.98 Å². The van der Waals surface area contributed by atoms with Crippen LogP contribution in [-0.2, 0) is 0 Å². The average Bonchev–Trinajstić information content (AvgIpc) is 2.72. The predicted octanol–water partition coefficient (Wildman–Crippen LogP) is 3.06. The number of hydrogen-bond donors (Lipinski definition) is 1. The van der Waals surface area contributed by atoms with Gasteiger partial charge in [0.2, 0.25) is 0 Å². The molecule has 0 aromatic carbocycles. The van der Waals surface area contributed by atoms with E-state index in [0.29, 0.717) is 0 Å². The van der Waals surface area contributed by atoms with Crippen LogP contribution in [0.15, 0.2) is 36.7 Å². The summed E-state index contributed by atoms with van der Waals surface area (Å²) >= 11 is 0. The molecule has 0 aliphatic carbocycles. The van der Waals surface area contributed by atoms with Gasteiger partial charge < -0.3 is 10.2 Å². The number of allylic oxidation sites excluding steroid dienone is 3. The lowest BCUT2D eigenvalue weighted by Crippen LogP contribution is -2.30. The minimum Gasteiger partial charge on any atom is -0.358 e. The van der Waals surface area contributed by atoms with Crippen molar-refractivity contribution in [1.82, 2.24) is 4.98 Å². The van der Waals surface area contributed by atoms with Crippen molar-refractivity contribution in [2.24, 2.45) is 0 Å². The fourth-order valence-electron chi connectivity index (χ4n) is 2.29. The quantitative estimate of drug-likeness (QED) is 0.796. The van der Waals surface area contributed by atoms with E-state index in [1.165, 1.54) is 11.1 Å². The second-order valence-electron chi connectivity index (χ2n) is 4.28. The summed E-state index contributed by atoms with van der Waals surface area (Å²) in [6, 6.07) is 0. The highest BCUT2D eigenvalue weighted by Gasteiger charge is 2.29. The summed E-state index contributed by atoms with van der Waals surface area (Å²) in [5.41, 5.74) is 3.56. The Bertz CT molecular complexity index is 541. The summed E-state index contributed by atoms with van der Waals surface area (Å²) < 4.78 is 0. The van der Waals surface area contributed by atoms with Gasteiger partial charge in [0, 0.05) is 18.0 Å². The number of anilines is 2. The molecule has 0 amide bonds. The van der Waals surface area contributed by atoms with E-state index in [-0.39, 0.29) is 6.17 Å². The van der Waals surface area contributed by atoms with Crippen molar-refractivity contribution >= 4 is 17.6 Å². The van der Waals surface area contributed by atoms with Crippen molar-refractivity contribution in [2.45, 2.75) is 20.0 Å². The van der Waals surface area contributed by atoms with Gasteiger partial charge in [-0.3, -0.25) is 0 Å². The van der Waals surface area contributed by atoms with Crippen molar-refractivity contribution in [2.75, 3.05) is 10.2 Å². The Morgan fingerprint density at radius 3 is 3.12 bits per heavy atom. The monoisotopic (exact) mass is 225 g/mol. The molecule has 0 fully saturated rings. The number of aromatic nitrogens is 1. The molecule has 2 aliphatic rings. The first-order chi connectivity index (χ1) is 8.31. The van der Waals surface area contributed by atoms with Crippen LogP contribution in [0, 0.1) is 6.92 Å². The molecule has 1 aromatic heterocycles. The number of nitrogens with zero attached hydrogens (tertiary/aromatic N) is 2. The molecular formula is C14H15N3. The molecule has 3 heteroatoms. The molecular weight excluding hydrogens is 210 g/mol. The van der Waals surface area contributed by atoms with Crippen molar-refractivity contribution in [1.29, 1.82) is 0 Å². The molecule has 0 bridgehead atoms. The van der Waals surface area contributed by atoms with Crippen molar-refractivity contribution in [3.63, 3.8) is 0 Å². The van der Waals surface area contributed by atoms with Crippen LogP contribution < -0.4 is 10.2 Å². The fourth-order valence-corrected chi connectivity index (χ4v) is 2.29. The standard InChI is InChI=1S/C14H15N3/c1-3-6-11-10(2)9-15-14-13(11)16-12-7-4-5-8-17(12)14/h3-9,12,16H,1-2H3/b6-3-. The third-order valence-electron chi connectivity index (χ3n) is 3.12. The Balaban J connectivity index is 2.15. The van der Waals surface area contributed by atoms with E-state index in [4.69, 9.17) is 0 Å². The molecule has 2 aliphatic heterocycles. The number of hydrogen-bond acceptors (Lipinski definition) is 3. The van der Waals surface area contributed by atoms with E-state index >= 15 is 0 Å². The van der Waals surface area contributed by atoms with Gasteiger partial charge >= 0.3 is 0 Å². The smallest absolute Gasteiger partial charge is 0.158 e. The van der Waals surface area contributed by atoms with Gasteiger partial charge in [-0.05, 0) is 31.6 Å². The SMILES string of the molecule is C/C=C\c1c(C)cnc2c1NC1C=CC=CN21. The van der Waals surface area contributed by atoms with Gasteiger partial charge in [0.25, 0.3) is 0 Å². The third-order valence-corrected chi connectivity index (χ3v) is 3.12. The fraction of sp³-hybridized carbons (Fsp3) is 0.214. The summed E-state index contributed by atoms with van der Waals surface area (Å²) in [5, 5.41) is 3.50. The highest BCUT2D eigenvalue weighted by molar-refractivity contribution is 5.84. The van der Waals surface area contributed by atoms with Crippen LogP contribution in [0.25, 0.3) is 6.08 Å². The van der Waals surface area contributed by atoms with E-state index in [9.17, 15) is 0 Å². The number of fused-ring (bicyclic) bond motifs is 3. The van der Waals surface area contributed by atoms with Gasteiger partial charge in [-0.15, -0.1) is 0 Å². The van der Waals surface area contributed by atoms with Crippen LogP contribution >= 0.6 is 0 Å². The van der Waals surface area contributed by atoms with Gasteiger partial charge in [-0.1, -0.05) is 18.2 Å². The zero-order chi connectivity index (χ0) is 11.8. The van der Waals surface area contributed by atoms with E-state index in [1.807, 2.05) is 19.2 Å². The lowest BCUT2D eigenvalue weighted by molar-refractivity contribution is 0.895. The summed E-state index contributed by atoms with van der Waals surface area (Å²) in [6.45, 7) is 4.13. The molecule has 1 aromatic rings. The van der Waals surface area contributed by atoms with E-state index in [0.717, 1.165) is 11.5 Å². The lowest BCUT2D eigenvalue weighted by atomic mass is 10.1. The number of pyridine rings is 1. The minimum absolute atomic E-state index is 0.202. The molecule has 0 spiro atoms. The maximum atomic E-state index is 4.53. The summed E-state index contributed by atoms with van der Waals surface area (Å²) in [7, 11) is 0. The molecule has 17 heavy (non-hydrogen) atoms. The molecule has 3 heterocycles. The van der Waals surface area contributed by atoms with E-state index in [1.54, 1.807) is 0 Å². The van der Waals surface area contributed by atoms with Crippen LogP contribution in [0.3, 0.4) is 0 Å². The van der Waals surface area contributed by atoms with Gasteiger partial charge in [0.1, 0.15) is 6.17 Å². The molecule has 86 valence electrons. The van der Waals surface area contributed by atoms with E-state index in [2.05, 4.69) is 52.6 Å².